The zero-order valence-electron chi connectivity index (χ0n) is 13.7. The summed E-state index contributed by atoms with van der Waals surface area (Å²) in [6.45, 7) is 0.434. The highest BCUT2D eigenvalue weighted by atomic mass is 32.1. The SMILES string of the molecule is COc1cccc(CN2C(=O)C3OC4CCCCC4C3NC2=S)c1. The van der Waals surface area contributed by atoms with E-state index in [1.807, 2.05) is 24.3 Å². The van der Waals surface area contributed by atoms with Gasteiger partial charge in [0.05, 0.1) is 25.8 Å². The molecule has 24 heavy (non-hydrogen) atoms. The van der Waals surface area contributed by atoms with Crippen LogP contribution in [0.4, 0.5) is 0 Å². The van der Waals surface area contributed by atoms with Crippen molar-refractivity contribution in [1.82, 2.24) is 10.2 Å². The second-order valence-corrected chi connectivity index (χ2v) is 7.18. The van der Waals surface area contributed by atoms with E-state index < -0.39 is 6.10 Å². The minimum absolute atomic E-state index is 0.0130. The molecule has 4 atom stereocenters. The average Bonchev–Trinajstić information content (AvgIpc) is 2.98. The number of methoxy groups -OCH3 is 1. The van der Waals surface area contributed by atoms with Crippen molar-refractivity contribution in [1.29, 1.82) is 0 Å². The first kappa shape index (κ1) is 15.8. The molecule has 0 bridgehead atoms. The van der Waals surface area contributed by atoms with E-state index in [0.717, 1.165) is 24.2 Å². The third-order valence-corrected chi connectivity index (χ3v) is 5.72. The molecule has 3 aliphatic rings. The van der Waals surface area contributed by atoms with E-state index >= 15 is 0 Å². The van der Waals surface area contributed by atoms with Crippen molar-refractivity contribution >= 4 is 23.2 Å². The lowest BCUT2D eigenvalue weighted by Crippen LogP contribution is -2.62. The van der Waals surface area contributed by atoms with Crippen LogP contribution >= 0.6 is 12.2 Å². The van der Waals surface area contributed by atoms with Crippen LogP contribution in [0.25, 0.3) is 0 Å². The van der Waals surface area contributed by atoms with Crippen LogP contribution in [0.1, 0.15) is 31.2 Å². The standard InChI is InChI=1S/C18H22N2O3S/c1-22-12-6-4-5-11(9-12)10-20-17(21)16-15(19-18(20)24)13-7-2-3-8-14(13)23-16/h4-6,9,13-16H,2-3,7-8,10H2,1H3,(H,19,24). The number of rotatable bonds is 3. The third kappa shape index (κ3) is 2.67. The number of carbonyl (C=O) groups is 1. The smallest absolute Gasteiger partial charge is 0.260 e. The number of benzene rings is 1. The van der Waals surface area contributed by atoms with Crippen molar-refractivity contribution in [3.8, 4) is 5.75 Å². The van der Waals surface area contributed by atoms with Crippen LogP contribution in [-0.2, 0) is 16.1 Å². The van der Waals surface area contributed by atoms with Crippen LogP contribution in [0.3, 0.4) is 0 Å². The summed E-state index contributed by atoms with van der Waals surface area (Å²) in [5, 5.41) is 3.90. The number of carbonyl (C=O) groups excluding carboxylic acids is 1. The molecule has 1 saturated carbocycles. The topological polar surface area (TPSA) is 50.8 Å². The van der Waals surface area contributed by atoms with Crippen molar-refractivity contribution in [2.24, 2.45) is 5.92 Å². The Balaban J connectivity index is 1.53. The molecule has 2 heterocycles. The van der Waals surface area contributed by atoms with Crippen molar-refractivity contribution in [2.45, 2.75) is 50.5 Å². The molecular weight excluding hydrogens is 324 g/mol. The van der Waals surface area contributed by atoms with Gasteiger partial charge >= 0.3 is 0 Å². The molecule has 1 aromatic carbocycles. The Labute approximate surface area is 147 Å². The maximum Gasteiger partial charge on any atom is 0.260 e. The Morgan fingerprint density at radius 3 is 3.04 bits per heavy atom. The zero-order chi connectivity index (χ0) is 16.7. The first-order valence-corrected chi connectivity index (χ1v) is 8.98. The summed E-state index contributed by atoms with van der Waals surface area (Å²) in [5.74, 6) is 1.17. The predicted octanol–water partition coefficient (Wildman–Crippen LogP) is 2.24. The molecule has 6 heteroatoms. The number of nitrogens with one attached hydrogen (secondary N) is 1. The minimum atomic E-state index is -0.407. The number of hydrogen-bond donors (Lipinski definition) is 1. The predicted molar refractivity (Wildman–Crippen MR) is 93.7 cm³/mol. The molecule has 0 aromatic heterocycles. The highest BCUT2D eigenvalue weighted by Crippen LogP contribution is 2.39. The Bertz CT molecular complexity index is 665. The van der Waals surface area contributed by atoms with Gasteiger partial charge in [0.25, 0.3) is 5.91 Å². The number of amides is 1. The second kappa shape index (κ2) is 6.33. The van der Waals surface area contributed by atoms with E-state index in [-0.39, 0.29) is 18.1 Å². The summed E-state index contributed by atoms with van der Waals surface area (Å²) in [5.41, 5.74) is 0.987. The Morgan fingerprint density at radius 2 is 2.21 bits per heavy atom. The maximum atomic E-state index is 13.0. The summed E-state index contributed by atoms with van der Waals surface area (Å²) >= 11 is 5.49. The third-order valence-electron chi connectivity index (χ3n) is 5.38. The fourth-order valence-corrected chi connectivity index (χ4v) is 4.47. The molecule has 0 spiro atoms. The van der Waals surface area contributed by atoms with Crippen LogP contribution in [-0.4, -0.2) is 41.3 Å². The average molecular weight is 346 g/mol. The van der Waals surface area contributed by atoms with E-state index in [4.69, 9.17) is 21.7 Å². The van der Waals surface area contributed by atoms with Gasteiger partial charge in [-0.2, -0.15) is 0 Å². The molecule has 4 unspecified atom stereocenters. The molecule has 0 radical (unpaired) electrons. The zero-order valence-corrected chi connectivity index (χ0v) is 14.6. The molecule has 128 valence electrons. The Kier molecular flexibility index (Phi) is 4.18. The highest BCUT2D eigenvalue weighted by Gasteiger charge is 2.52. The van der Waals surface area contributed by atoms with Gasteiger partial charge < -0.3 is 14.8 Å². The monoisotopic (exact) mass is 346 g/mol. The number of ether oxygens (including phenoxy) is 2. The highest BCUT2D eigenvalue weighted by molar-refractivity contribution is 7.80. The van der Waals surface area contributed by atoms with Crippen molar-refractivity contribution in [3.63, 3.8) is 0 Å². The van der Waals surface area contributed by atoms with Crippen LogP contribution in [0.15, 0.2) is 24.3 Å². The van der Waals surface area contributed by atoms with Crippen LogP contribution in [0.5, 0.6) is 5.75 Å². The quantitative estimate of drug-likeness (QED) is 0.851. The van der Waals surface area contributed by atoms with Gasteiger partial charge in [0.1, 0.15) is 5.75 Å². The van der Waals surface area contributed by atoms with Gasteiger partial charge in [-0.15, -0.1) is 0 Å². The number of nitrogens with zero attached hydrogens (tertiary/aromatic N) is 1. The number of fused-ring (bicyclic) bond motifs is 3. The van der Waals surface area contributed by atoms with E-state index in [0.29, 0.717) is 17.6 Å². The lowest BCUT2D eigenvalue weighted by atomic mass is 9.82. The molecule has 2 aliphatic heterocycles. The van der Waals surface area contributed by atoms with Crippen LogP contribution in [0.2, 0.25) is 0 Å². The molecule has 1 N–H and O–H groups in total. The fraction of sp³-hybridized carbons (Fsp3) is 0.556. The molecule has 3 fully saturated rings. The van der Waals surface area contributed by atoms with Crippen molar-refractivity contribution < 1.29 is 14.3 Å². The van der Waals surface area contributed by atoms with Gasteiger partial charge in [-0.1, -0.05) is 25.0 Å². The van der Waals surface area contributed by atoms with E-state index in [9.17, 15) is 4.79 Å². The molecule has 2 saturated heterocycles. The molecule has 1 aliphatic carbocycles. The van der Waals surface area contributed by atoms with Gasteiger partial charge in [0.2, 0.25) is 0 Å². The molecular formula is C18H22N2O3S. The summed E-state index contributed by atoms with van der Waals surface area (Å²) in [6, 6.07) is 7.75. The van der Waals surface area contributed by atoms with Gasteiger partial charge in [-0.25, -0.2) is 0 Å². The Hall–Kier alpha value is -1.66. The lowest BCUT2D eigenvalue weighted by Gasteiger charge is -2.37. The van der Waals surface area contributed by atoms with Gasteiger partial charge in [0, 0.05) is 5.92 Å². The summed E-state index contributed by atoms with van der Waals surface area (Å²) in [4.78, 5) is 14.6. The van der Waals surface area contributed by atoms with Crippen molar-refractivity contribution in [2.75, 3.05) is 7.11 Å². The molecule has 1 amide bonds. The minimum Gasteiger partial charge on any atom is -0.497 e. The van der Waals surface area contributed by atoms with Gasteiger partial charge in [0.15, 0.2) is 11.2 Å². The van der Waals surface area contributed by atoms with E-state index in [1.54, 1.807) is 12.0 Å². The molecule has 1 aromatic rings. The van der Waals surface area contributed by atoms with Crippen LogP contribution in [0, 0.1) is 5.92 Å². The van der Waals surface area contributed by atoms with Crippen LogP contribution < -0.4 is 10.1 Å². The van der Waals surface area contributed by atoms with Gasteiger partial charge in [-0.3, -0.25) is 9.69 Å². The molecule has 4 rings (SSSR count). The molecule has 5 nitrogen and oxygen atoms in total. The van der Waals surface area contributed by atoms with Gasteiger partial charge in [-0.05, 0) is 42.8 Å². The van der Waals surface area contributed by atoms with E-state index in [2.05, 4.69) is 5.32 Å². The lowest BCUT2D eigenvalue weighted by molar-refractivity contribution is -0.141. The summed E-state index contributed by atoms with van der Waals surface area (Å²) in [6.07, 6.45) is 4.36. The first-order valence-electron chi connectivity index (χ1n) is 8.57. The second-order valence-electron chi connectivity index (χ2n) is 6.79. The number of thiocarbonyl (C=S) groups is 1. The maximum absolute atomic E-state index is 13.0. The first-order chi connectivity index (χ1) is 11.7. The van der Waals surface area contributed by atoms with Crippen molar-refractivity contribution in [3.05, 3.63) is 29.8 Å². The largest absolute Gasteiger partial charge is 0.497 e. The normalized spacial score (nSPS) is 32.1. The summed E-state index contributed by atoms with van der Waals surface area (Å²) < 4.78 is 11.4. The number of hydrogen-bond acceptors (Lipinski definition) is 4. The van der Waals surface area contributed by atoms with E-state index in [1.165, 1.54) is 12.8 Å². The fourth-order valence-electron chi connectivity index (χ4n) is 4.17. The summed E-state index contributed by atoms with van der Waals surface area (Å²) in [7, 11) is 1.63. The Morgan fingerprint density at radius 1 is 1.38 bits per heavy atom.